The summed E-state index contributed by atoms with van der Waals surface area (Å²) >= 11 is 1.32. The minimum absolute atomic E-state index is 0.0352. The lowest BCUT2D eigenvalue weighted by molar-refractivity contribution is -0.129. The number of thioether (sulfide) groups is 1. The number of unbranched alkanes of at least 4 members (excludes halogenated alkanes) is 3. The Bertz CT molecular complexity index is 397. The smallest absolute Gasteiger partial charge is 0.219 e. The topological polar surface area (TPSA) is 66.5 Å². The largest absolute Gasteiger partial charge is 0.355 e. The summed E-state index contributed by atoms with van der Waals surface area (Å²) in [6, 6.07) is 0. The molecule has 0 heterocycles. The molecule has 6 heteroatoms. The van der Waals surface area contributed by atoms with Gasteiger partial charge in [-0.2, -0.15) is 0 Å². The zero-order valence-electron chi connectivity index (χ0n) is 13.9. The number of nitrogens with zero attached hydrogens (tertiary/aromatic N) is 1. The summed E-state index contributed by atoms with van der Waals surface area (Å²) in [6.45, 7) is 10.1. The minimum Gasteiger partial charge on any atom is -0.355 e. The Balaban J connectivity index is 3.68. The van der Waals surface area contributed by atoms with Crippen molar-refractivity contribution in [2.24, 2.45) is 0 Å². The van der Waals surface area contributed by atoms with Crippen molar-refractivity contribution in [3.05, 3.63) is 12.2 Å². The van der Waals surface area contributed by atoms with E-state index in [1.54, 1.807) is 18.7 Å². The predicted molar refractivity (Wildman–Crippen MR) is 91.7 cm³/mol. The van der Waals surface area contributed by atoms with E-state index in [1.807, 2.05) is 0 Å². The summed E-state index contributed by atoms with van der Waals surface area (Å²) in [6.07, 6.45) is 4.02. The fourth-order valence-corrected chi connectivity index (χ4v) is 2.62. The van der Waals surface area contributed by atoms with Crippen molar-refractivity contribution in [1.82, 2.24) is 10.2 Å². The molecule has 0 rings (SSSR count). The van der Waals surface area contributed by atoms with Crippen LogP contribution < -0.4 is 5.32 Å². The highest BCUT2D eigenvalue weighted by Crippen LogP contribution is 2.12. The van der Waals surface area contributed by atoms with Gasteiger partial charge in [-0.25, -0.2) is 0 Å². The molecule has 0 atom stereocenters. The van der Waals surface area contributed by atoms with Gasteiger partial charge in [0.2, 0.25) is 16.9 Å². The number of hydrogen-bond donors (Lipinski definition) is 1. The highest BCUT2D eigenvalue weighted by Gasteiger charge is 2.08. The molecule has 0 saturated carbocycles. The summed E-state index contributed by atoms with van der Waals surface area (Å²) in [4.78, 5) is 35.4. The molecule has 0 saturated heterocycles. The van der Waals surface area contributed by atoms with Crippen molar-refractivity contribution < 1.29 is 14.4 Å². The van der Waals surface area contributed by atoms with E-state index in [9.17, 15) is 14.4 Å². The predicted octanol–water partition coefficient (Wildman–Crippen LogP) is 2.37. The van der Waals surface area contributed by atoms with Gasteiger partial charge < -0.3 is 10.2 Å². The second-order valence-corrected chi connectivity index (χ2v) is 6.39. The van der Waals surface area contributed by atoms with Gasteiger partial charge in [0.05, 0.1) is 0 Å². The standard InChI is InChI=1S/C16H28N2O3S/c1-13(2)16(21)22-12-8-6-5-7-10-18(15(4)20)11-9-17-14(3)19/h1,5-12H2,2-4H3,(H,17,19). The van der Waals surface area contributed by atoms with E-state index in [2.05, 4.69) is 11.9 Å². The molecule has 0 aliphatic carbocycles. The molecular formula is C16H28N2O3S. The molecule has 1 N–H and O–H groups in total. The molecule has 0 fully saturated rings. The van der Waals surface area contributed by atoms with Crippen LogP contribution in [0.25, 0.3) is 0 Å². The van der Waals surface area contributed by atoms with Crippen LogP contribution in [0.2, 0.25) is 0 Å². The average Bonchev–Trinajstić information content (AvgIpc) is 2.43. The van der Waals surface area contributed by atoms with E-state index < -0.39 is 0 Å². The summed E-state index contributed by atoms with van der Waals surface area (Å²) in [5.74, 6) is 0.781. The lowest BCUT2D eigenvalue weighted by Gasteiger charge is -2.21. The lowest BCUT2D eigenvalue weighted by atomic mass is 10.2. The molecule has 0 spiro atoms. The molecule has 0 aliphatic rings. The van der Waals surface area contributed by atoms with Crippen LogP contribution in [-0.4, -0.2) is 47.2 Å². The van der Waals surface area contributed by atoms with E-state index in [4.69, 9.17) is 0 Å². The first-order valence-corrected chi connectivity index (χ1v) is 8.65. The van der Waals surface area contributed by atoms with Crippen LogP contribution in [0.15, 0.2) is 12.2 Å². The molecule has 0 aromatic heterocycles. The third kappa shape index (κ3) is 11.4. The first-order chi connectivity index (χ1) is 10.3. The molecule has 0 unspecified atom stereocenters. The van der Waals surface area contributed by atoms with Crippen LogP contribution in [-0.2, 0) is 14.4 Å². The van der Waals surface area contributed by atoms with Gasteiger partial charge in [-0.15, -0.1) is 0 Å². The normalized spacial score (nSPS) is 10.1. The van der Waals surface area contributed by atoms with Gasteiger partial charge in [0, 0.05) is 39.2 Å². The monoisotopic (exact) mass is 328 g/mol. The third-order valence-corrected chi connectivity index (χ3v) is 4.21. The van der Waals surface area contributed by atoms with Crippen LogP contribution >= 0.6 is 11.8 Å². The van der Waals surface area contributed by atoms with Crippen LogP contribution in [0.3, 0.4) is 0 Å². The number of carbonyl (C=O) groups excluding carboxylic acids is 3. The number of rotatable bonds is 11. The Morgan fingerprint density at radius 3 is 2.18 bits per heavy atom. The second kappa shape index (κ2) is 12.3. The number of nitrogens with one attached hydrogen (secondary N) is 1. The number of amides is 2. The maximum atomic E-state index is 11.5. The van der Waals surface area contributed by atoms with Gasteiger partial charge in [0.1, 0.15) is 0 Å². The van der Waals surface area contributed by atoms with Crippen LogP contribution in [0, 0.1) is 0 Å². The fraction of sp³-hybridized carbons (Fsp3) is 0.688. The molecule has 22 heavy (non-hydrogen) atoms. The van der Waals surface area contributed by atoms with E-state index in [-0.39, 0.29) is 16.9 Å². The van der Waals surface area contributed by atoms with Gasteiger partial charge >= 0.3 is 0 Å². The Morgan fingerprint density at radius 2 is 1.64 bits per heavy atom. The van der Waals surface area contributed by atoms with Crippen molar-refractivity contribution in [2.45, 2.75) is 46.5 Å². The molecule has 126 valence electrons. The van der Waals surface area contributed by atoms with Crippen molar-refractivity contribution in [1.29, 1.82) is 0 Å². The van der Waals surface area contributed by atoms with Crippen molar-refractivity contribution in [3.63, 3.8) is 0 Å². The summed E-state index contributed by atoms with van der Waals surface area (Å²) in [5, 5.41) is 2.76. The van der Waals surface area contributed by atoms with Gasteiger partial charge in [-0.1, -0.05) is 31.2 Å². The van der Waals surface area contributed by atoms with Gasteiger partial charge in [-0.05, 0) is 25.3 Å². The first kappa shape index (κ1) is 20.7. The SMILES string of the molecule is C=C(C)C(=O)SCCCCCCN(CCNC(C)=O)C(C)=O. The van der Waals surface area contributed by atoms with Crippen molar-refractivity contribution in [2.75, 3.05) is 25.4 Å². The zero-order chi connectivity index (χ0) is 17.0. The average molecular weight is 328 g/mol. The fourth-order valence-electron chi connectivity index (χ4n) is 1.84. The van der Waals surface area contributed by atoms with Gasteiger partial charge in [0.25, 0.3) is 0 Å². The quantitative estimate of drug-likeness (QED) is 0.467. The zero-order valence-corrected chi connectivity index (χ0v) is 14.8. The number of carbonyl (C=O) groups is 3. The van der Waals surface area contributed by atoms with E-state index in [1.165, 1.54) is 18.7 Å². The Labute approximate surface area is 137 Å². The van der Waals surface area contributed by atoms with Crippen molar-refractivity contribution >= 4 is 28.7 Å². The Hall–Kier alpha value is -1.30. The highest BCUT2D eigenvalue weighted by atomic mass is 32.2. The molecule has 0 aliphatic heterocycles. The van der Waals surface area contributed by atoms with E-state index in [0.29, 0.717) is 25.2 Å². The maximum Gasteiger partial charge on any atom is 0.219 e. The van der Waals surface area contributed by atoms with Gasteiger partial charge in [0.15, 0.2) is 0 Å². The summed E-state index contributed by atoms with van der Waals surface area (Å²) in [7, 11) is 0. The van der Waals surface area contributed by atoms with Crippen LogP contribution in [0.4, 0.5) is 0 Å². The van der Waals surface area contributed by atoms with E-state index in [0.717, 1.165) is 31.4 Å². The molecule has 5 nitrogen and oxygen atoms in total. The molecule has 2 amide bonds. The maximum absolute atomic E-state index is 11.5. The second-order valence-electron chi connectivity index (χ2n) is 5.32. The Kier molecular flexibility index (Phi) is 11.5. The van der Waals surface area contributed by atoms with Crippen LogP contribution in [0.5, 0.6) is 0 Å². The number of hydrogen-bond acceptors (Lipinski definition) is 4. The molecule has 0 radical (unpaired) electrons. The van der Waals surface area contributed by atoms with Crippen LogP contribution in [0.1, 0.15) is 46.5 Å². The van der Waals surface area contributed by atoms with Crippen molar-refractivity contribution in [3.8, 4) is 0 Å². The lowest BCUT2D eigenvalue weighted by Crippen LogP contribution is -2.37. The van der Waals surface area contributed by atoms with E-state index >= 15 is 0 Å². The van der Waals surface area contributed by atoms with Gasteiger partial charge in [-0.3, -0.25) is 14.4 Å². The third-order valence-electron chi connectivity index (χ3n) is 3.10. The molecule has 0 aromatic rings. The Morgan fingerprint density at radius 1 is 1.00 bits per heavy atom. The summed E-state index contributed by atoms with van der Waals surface area (Å²) < 4.78 is 0. The first-order valence-electron chi connectivity index (χ1n) is 7.67. The molecule has 0 aromatic carbocycles. The minimum atomic E-state index is -0.0784. The molecule has 0 bridgehead atoms. The summed E-state index contributed by atoms with van der Waals surface area (Å²) in [5.41, 5.74) is 0.598. The molecular weight excluding hydrogens is 300 g/mol. The highest BCUT2D eigenvalue weighted by molar-refractivity contribution is 8.14.